The molecule has 0 radical (unpaired) electrons. The molecule has 2 heterocycles. The van der Waals surface area contributed by atoms with Crippen LogP contribution in [0.3, 0.4) is 0 Å². The summed E-state index contributed by atoms with van der Waals surface area (Å²) in [6.45, 7) is 4.74. The van der Waals surface area contributed by atoms with Crippen molar-refractivity contribution in [1.82, 2.24) is 19.8 Å². The van der Waals surface area contributed by atoms with E-state index >= 15 is 0 Å². The number of hydrogen-bond acceptors (Lipinski definition) is 5. The molecule has 3 rings (SSSR count). The molecule has 6 nitrogen and oxygen atoms in total. The van der Waals surface area contributed by atoms with Crippen molar-refractivity contribution >= 4 is 17.9 Å². The van der Waals surface area contributed by atoms with E-state index in [4.69, 9.17) is 18.1 Å². The van der Waals surface area contributed by atoms with Gasteiger partial charge in [-0.25, -0.2) is 4.68 Å². The lowest BCUT2D eigenvalue weighted by Crippen LogP contribution is -2.46. The van der Waals surface area contributed by atoms with Gasteiger partial charge < -0.3 is 10.7 Å². The maximum absolute atomic E-state index is 5.82. The molecule has 0 amide bonds. The minimum absolute atomic E-state index is 0.461. The monoisotopic (exact) mass is 290 g/mol. The number of anilines is 1. The quantitative estimate of drug-likeness (QED) is 0.651. The number of rotatable bonds is 3. The summed E-state index contributed by atoms with van der Waals surface area (Å²) in [5.74, 6) is 6.60. The Kier molecular flexibility index (Phi) is 3.70. The fourth-order valence-corrected chi connectivity index (χ4v) is 2.60. The summed E-state index contributed by atoms with van der Waals surface area (Å²) in [6.07, 6.45) is 0. The van der Waals surface area contributed by atoms with Crippen molar-refractivity contribution in [3.8, 4) is 0 Å². The molecule has 20 heavy (non-hydrogen) atoms. The van der Waals surface area contributed by atoms with Crippen LogP contribution in [0.1, 0.15) is 5.82 Å². The van der Waals surface area contributed by atoms with Crippen LogP contribution in [-0.2, 0) is 6.54 Å². The van der Waals surface area contributed by atoms with Gasteiger partial charge >= 0.3 is 0 Å². The van der Waals surface area contributed by atoms with Crippen molar-refractivity contribution < 1.29 is 0 Å². The molecule has 0 aliphatic carbocycles. The normalized spacial score (nSPS) is 16.5. The summed E-state index contributed by atoms with van der Waals surface area (Å²) in [4.78, 5) is 4.74. The van der Waals surface area contributed by atoms with Crippen LogP contribution in [0.2, 0.25) is 0 Å². The predicted molar refractivity (Wildman–Crippen MR) is 81.5 cm³/mol. The lowest BCUT2D eigenvalue weighted by Gasteiger charge is -2.35. The van der Waals surface area contributed by atoms with Crippen molar-refractivity contribution in [2.45, 2.75) is 6.54 Å². The Morgan fingerprint density at radius 1 is 1.15 bits per heavy atom. The number of benzene rings is 1. The number of nitrogen functional groups attached to an aromatic ring is 1. The average molecular weight is 290 g/mol. The predicted octanol–water partition coefficient (Wildman–Crippen LogP) is 0.977. The number of aromatic amines is 1. The summed E-state index contributed by atoms with van der Waals surface area (Å²) in [5.41, 5.74) is 1.29. The van der Waals surface area contributed by atoms with Crippen molar-refractivity contribution in [3.63, 3.8) is 0 Å². The molecule has 0 spiro atoms. The second-order valence-electron chi connectivity index (χ2n) is 4.91. The number of nitrogens with one attached hydrogen (secondary N) is 1. The van der Waals surface area contributed by atoms with Crippen LogP contribution in [0, 0.1) is 4.77 Å². The molecular formula is C13H18N6S. The lowest BCUT2D eigenvalue weighted by molar-refractivity contribution is 0.242. The molecule has 1 aromatic heterocycles. The Labute approximate surface area is 122 Å². The number of hydrogen-bond donors (Lipinski definition) is 2. The first kappa shape index (κ1) is 13.1. The Balaban J connectivity index is 1.59. The second kappa shape index (κ2) is 5.64. The minimum atomic E-state index is 0.461. The van der Waals surface area contributed by atoms with E-state index in [1.807, 2.05) is 6.07 Å². The third kappa shape index (κ3) is 2.68. The highest BCUT2D eigenvalue weighted by Gasteiger charge is 2.18. The highest BCUT2D eigenvalue weighted by Crippen LogP contribution is 2.16. The van der Waals surface area contributed by atoms with Gasteiger partial charge in [0.15, 0.2) is 5.82 Å². The zero-order valence-electron chi connectivity index (χ0n) is 11.2. The molecule has 3 N–H and O–H groups in total. The number of nitrogens with zero attached hydrogens (tertiary/aromatic N) is 4. The van der Waals surface area contributed by atoms with E-state index in [2.05, 4.69) is 44.3 Å². The summed E-state index contributed by atoms with van der Waals surface area (Å²) < 4.78 is 1.90. The molecule has 1 fully saturated rings. The molecule has 0 bridgehead atoms. The first-order valence-electron chi connectivity index (χ1n) is 6.68. The van der Waals surface area contributed by atoms with Crippen molar-refractivity contribution in [2.24, 2.45) is 0 Å². The largest absolute Gasteiger partial charge is 0.369 e. The first-order chi connectivity index (χ1) is 9.74. The highest BCUT2D eigenvalue weighted by molar-refractivity contribution is 7.71. The van der Waals surface area contributed by atoms with Crippen LogP contribution in [0.4, 0.5) is 5.69 Å². The third-order valence-corrected chi connectivity index (χ3v) is 3.92. The van der Waals surface area contributed by atoms with Crippen molar-refractivity contribution in [2.75, 3.05) is 36.9 Å². The van der Waals surface area contributed by atoms with Gasteiger partial charge in [-0.3, -0.25) is 10.00 Å². The summed E-state index contributed by atoms with van der Waals surface area (Å²) >= 11 is 5.02. The van der Waals surface area contributed by atoms with Gasteiger partial charge in [0.2, 0.25) is 4.77 Å². The van der Waals surface area contributed by atoms with Crippen LogP contribution >= 0.6 is 12.2 Å². The van der Waals surface area contributed by atoms with E-state index in [1.54, 1.807) is 0 Å². The Bertz CT molecular complexity index is 611. The molecule has 0 atom stereocenters. The first-order valence-corrected chi connectivity index (χ1v) is 7.08. The SMILES string of the molecule is Nn1c(CN2CCN(c3ccccc3)CC2)n[nH]c1=S. The van der Waals surface area contributed by atoms with Crippen LogP contribution in [0.15, 0.2) is 30.3 Å². The fraction of sp³-hybridized carbons (Fsp3) is 0.385. The van der Waals surface area contributed by atoms with Gasteiger partial charge in [-0.15, -0.1) is 0 Å². The molecule has 1 aromatic carbocycles. The Hall–Kier alpha value is -1.86. The average Bonchev–Trinajstić information content (AvgIpc) is 2.81. The summed E-state index contributed by atoms with van der Waals surface area (Å²) in [7, 11) is 0. The number of aromatic nitrogens is 3. The second-order valence-corrected chi connectivity index (χ2v) is 5.30. The van der Waals surface area contributed by atoms with Crippen LogP contribution < -0.4 is 10.7 Å². The molecule has 1 saturated heterocycles. The molecule has 106 valence electrons. The zero-order chi connectivity index (χ0) is 13.9. The lowest BCUT2D eigenvalue weighted by atomic mass is 10.2. The highest BCUT2D eigenvalue weighted by atomic mass is 32.1. The van der Waals surface area contributed by atoms with Gasteiger partial charge in [0.25, 0.3) is 0 Å². The molecular weight excluding hydrogens is 272 g/mol. The topological polar surface area (TPSA) is 66.1 Å². The smallest absolute Gasteiger partial charge is 0.214 e. The van der Waals surface area contributed by atoms with Crippen molar-refractivity contribution in [1.29, 1.82) is 0 Å². The summed E-state index contributed by atoms with van der Waals surface area (Å²) in [6, 6.07) is 10.5. The summed E-state index contributed by atoms with van der Waals surface area (Å²) in [5, 5.41) is 6.87. The van der Waals surface area contributed by atoms with Crippen LogP contribution in [-0.4, -0.2) is 46.0 Å². The van der Waals surface area contributed by atoms with E-state index in [0.29, 0.717) is 4.77 Å². The zero-order valence-corrected chi connectivity index (χ0v) is 12.0. The van der Waals surface area contributed by atoms with Crippen LogP contribution in [0.25, 0.3) is 0 Å². The molecule has 0 unspecified atom stereocenters. The maximum atomic E-state index is 5.82. The van der Waals surface area contributed by atoms with Gasteiger partial charge in [-0.2, -0.15) is 5.10 Å². The molecule has 7 heteroatoms. The van der Waals surface area contributed by atoms with Gasteiger partial charge in [0, 0.05) is 31.9 Å². The maximum Gasteiger partial charge on any atom is 0.214 e. The van der Waals surface area contributed by atoms with E-state index in [1.165, 1.54) is 10.4 Å². The van der Waals surface area contributed by atoms with E-state index in [-0.39, 0.29) is 0 Å². The molecule has 1 aliphatic heterocycles. The Morgan fingerprint density at radius 2 is 1.85 bits per heavy atom. The molecule has 0 saturated carbocycles. The number of nitrogens with two attached hydrogens (primary N) is 1. The van der Waals surface area contributed by atoms with Gasteiger partial charge in [0.05, 0.1) is 6.54 Å². The number of piperazine rings is 1. The standard InChI is InChI=1S/C13H18N6S/c14-19-12(15-16-13(19)20)10-17-6-8-18(9-7-17)11-4-2-1-3-5-11/h1-5H,6-10,14H2,(H,16,20). The van der Waals surface area contributed by atoms with Gasteiger partial charge in [0.1, 0.15) is 0 Å². The van der Waals surface area contributed by atoms with Gasteiger partial charge in [-0.05, 0) is 24.4 Å². The van der Waals surface area contributed by atoms with E-state index in [0.717, 1.165) is 38.5 Å². The van der Waals surface area contributed by atoms with Gasteiger partial charge in [-0.1, -0.05) is 18.2 Å². The third-order valence-electron chi connectivity index (χ3n) is 3.64. The Morgan fingerprint density at radius 3 is 2.45 bits per heavy atom. The minimum Gasteiger partial charge on any atom is -0.369 e. The number of H-pyrrole nitrogens is 1. The van der Waals surface area contributed by atoms with Crippen molar-refractivity contribution in [3.05, 3.63) is 40.9 Å². The fourth-order valence-electron chi connectivity index (χ4n) is 2.45. The molecule has 2 aromatic rings. The van der Waals surface area contributed by atoms with E-state index < -0.39 is 0 Å². The molecule has 1 aliphatic rings. The van der Waals surface area contributed by atoms with Crippen LogP contribution in [0.5, 0.6) is 0 Å². The number of para-hydroxylation sites is 1. The van der Waals surface area contributed by atoms with E-state index in [9.17, 15) is 0 Å².